The molecule has 0 radical (unpaired) electrons. The summed E-state index contributed by atoms with van der Waals surface area (Å²) in [5.74, 6) is -3.15. The second-order valence-corrected chi connectivity index (χ2v) is 10.5. The molecular weight excluding hydrogens is 561 g/mol. The number of nitrogens with zero attached hydrogens (tertiary/aromatic N) is 3. The van der Waals surface area contributed by atoms with Crippen molar-refractivity contribution < 1.29 is 26.3 Å². The Morgan fingerprint density at radius 3 is 2.45 bits per heavy atom. The highest BCUT2D eigenvalue weighted by Gasteiger charge is 2.24. The number of thiazole rings is 1. The van der Waals surface area contributed by atoms with Crippen LogP contribution in [0.5, 0.6) is 11.5 Å². The average Bonchev–Trinajstić information content (AvgIpc) is 3.40. The average molecular weight is 575 g/mol. The second kappa shape index (κ2) is 10.4. The molecule has 7 nitrogen and oxygen atoms in total. The molecule has 0 spiro atoms. The van der Waals surface area contributed by atoms with Crippen molar-refractivity contribution in [1.82, 2.24) is 15.0 Å². The van der Waals surface area contributed by atoms with Crippen molar-refractivity contribution in [3.05, 3.63) is 100 Å². The van der Waals surface area contributed by atoms with E-state index < -0.39 is 32.4 Å². The molecule has 0 aliphatic carbocycles. The lowest BCUT2D eigenvalue weighted by atomic mass is 10.0. The maximum Gasteiger partial charge on any atom is 0.266 e. The fourth-order valence-electron chi connectivity index (χ4n) is 3.45. The SMILES string of the molecule is O=S(=O)(Nc1cscn1)c1cc(Cl)c(Oc2cnc(-c3ccc(F)c(F)c3)cc2-c2cccnc2)cc1F. The number of rotatable bonds is 7. The highest BCUT2D eigenvalue weighted by atomic mass is 35.5. The molecule has 0 aliphatic rings. The zero-order valence-electron chi connectivity index (χ0n) is 18.9. The summed E-state index contributed by atoms with van der Waals surface area (Å²) in [5, 5.41) is 1.26. The van der Waals surface area contributed by atoms with Crippen LogP contribution < -0.4 is 9.46 Å². The Morgan fingerprint density at radius 1 is 0.895 bits per heavy atom. The summed E-state index contributed by atoms with van der Waals surface area (Å²) in [5.41, 5.74) is 3.06. The third kappa shape index (κ3) is 5.32. The number of aromatic nitrogens is 3. The van der Waals surface area contributed by atoms with E-state index in [1.54, 1.807) is 30.6 Å². The van der Waals surface area contributed by atoms with Gasteiger partial charge in [-0.1, -0.05) is 17.7 Å². The molecule has 0 atom stereocenters. The van der Waals surface area contributed by atoms with Crippen LogP contribution in [0.2, 0.25) is 5.02 Å². The number of sulfonamides is 1. The molecule has 192 valence electrons. The van der Waals surface area contributed by atoms with Gasteiger partial charge in [0.05, 0.1) is 22.4 Å². The van der Waals surface area contributed by atoms with Crippen LogP contribution in [0.15, 0.2) is 82.9 Å². The van der Waals surface area contributed by atoms with Gasteiger partial charge in [-0.05, 0) is 36.4 Å². The van der Waals surface area contributed by atoms with E-state index in [1.165, 1.54) is 23.2 Å². The number of pyridine rings is 2. The Morgan fingerprint density at radius 2 is 1.74 bits per heavy atom. The van der Waals surface area contributed by atoms with Gasteiger partial charge in [-0.2, -0.15) is 0 Å². The first kappa shape index (κ1) is 25.6. The van der Waals surface area contributed by atoms with E-state index in [0.29, 0.717) is 22.4 Å². The minimum Gasteiger partial charge on any atom is -0.453 e. The standard InChI is InChI=1S/C25H14ClF3N4O3S2/c26-17-8-24(38(34,35)33-25-12-37-13-32-25)20(29)9-22(17)36-23-11-31-21(14-3-4-18(27)19(28)6-14)7-16(23)15-2-1-5-30-10-15/h1-13,33H. The molecule has 0 aliphatic heterocycles. The van der Waals surface area contributed by atoms with E-state index in [9.17, 15) is 21.6 Å². The van der Waals surface area contributed by atoms with E-state index in [4.69, 9.17) is 16.3 Å². The summed E-state index contributed by atoms with van der Waals surface area (Å²) in [6, 6.07) is 10.1. The van der Waals surface area contributed by atoms with E-state index in [0.717, 1.165) is 35.6 Å². The predicted molar refractivity (Wildman–Crippen MR) is 137 cm³/mol. The van der Waals surface area contributed by atoms with Gasteiger partial charge >= 0.3 is 0 Å². The molecular formula is C25H14ClF3N4O3S2. The monoisotopic (exact) mass is 574 g/mol. The maximum absolute atomic E-state index is 15.0. The third-order valence-electron chi connectivity index (χ3n) is 5.22. The summed E-state index contributed by atoms with van der Waals surface area (Å²) in [6.45, 7) is 0. The molecule has 5 aromatic rings. The summed E-state index contributed by atoms with van der Waals surface area (Å²) in [7, 11) is -4.32. The normalized spacial score (nSPS) is 11.4. The van der Waals surface area contributed by atoms with Gasteiger partial charge in [0.15, 0.2) is 23.2 Å². The van der Waals surface area contributed by atoms with Crippen LogP contribution in [0.3, 0.4) is 0 Å². The Hall–Kier alpha value is -4.00. The van der Waals surface area contributed by atoms with Crippen LogP contribution in [-0.2, 0) is 10.0 Å². The number of hydrogen-bond donors (Lipinski definition) is 1. The van der Waals surface area contributed by atoms with Gasteiger partial charge in [0, 0.05) is 40.5 Å². The smallest absolute Gasteiger partial charge is 0.266 e. The quantitative estimate of drug-likeness (QED) is 0.226. The van der Waals surface area contributed by atoms with Crippen molar-refractivity contribution in [3.8, 4) is 33.9 Å². The van der Waals surface area contributed by atoms with Gasteiger partial charge in [-0.15, -0.1) is 11.3 Å². The molecule has 0 saturated heterocycles. The van der Waals surface area contributed by atoms with Gasteiger partial charge in [-0.3, -0.25) is 14.7 Å². The molecule has 13 heteroatoms. The Kier molecular flexibility index (Phi) is 7.02. The van der Waals surface area contributed by atoms with Crippen molar-refractivity contribution in [2.75, 3.05) is 4.72 Å². The zero-order valence-corrected chi connectivity index (χ0v) is 21.3. The summed E-state index contributed by atoms with van der Waals surface area (Å²) < 4.78 is 75.5. The van der Waals surface area contributed by atoms with Crippen molar-refractivity contribution in [3.63, 3.8) is 0 Å². The van der Waals surface area contributed by atoms with Crippen molar-refractivity contribution in [2.24, 2.45) is 0 Å². The minimum atomic E-state index is -4.32. The van der Waals surface area contributed by atoms with Crippen molar-refractivity contribution in [1.29, 1.82) is 0 Å². The Labute approximate surface area is 223 Å². The first-order valence-corrected chi connectivity index (χ1v) is 13.5. The molecule has 0 unspecified atom stereocenters. The van der Waals surface area contributed by atoms with Gasteiger partial charge in [0.25, 0.3) is 10.0 Å². The molecule has 0 amide bonds. The maximum atomic E-state index is 15.0. The summed E-state index contributed by atoms with van der Waals surface area (Å²) in [6.07, 6.45) is 4.41. The zero-order chi connectivity index (χ0) is 26.9. The molecule has 0 saturated carbocycles. The molecule has 38 heavy (non-hydrogen) atoms. The molecule has 0 bridgehead atoms. The molecule has 2 aromatic carbocycles. The lowest BCUT2D eigenvalue weighted by molar-refractivity contribution is 0.473. The lowest BCUT2D eigenvalue weighted by Gasteiger charge is -2.15. The van der Waals surface area contributed by atoms with E-state index >= 15 is 0 Å². The third-order valence-corrected chi connectivity index (χ3v) is 7.47. The summed E-state index contributed by atoms with van der Waals surface area (Å²) in [4.78, 5) is 11.5. The Balaban J connectivity index is 1.53. The van der Waals surface area contributed by atoms with E-state index in [1.807, 2.05) is 0 Å². The van der Waals surface area contributed by atoms with Crippen LogP contribution in [0.1, 0.15) is 0 Å². The number of ether oxygens (including phenoxy) is 1. The van der Waals surface area contributed by atoms with Gasteiger partial charge in [0.2, 0.25) is 0 Å². The first-order valence-electron chi connectivity index (χ1n) is 10.6. The Bertz CT molecular complexity index is 1740. The number of anilines is 1. The van der Waals surface area contributed by atoms with Crippen molar-refractivity contribution in [2.45, 2.75) is 4.90 Å². The van der Waals surface area contributed by atoms with Crippen LogP contribution in [0.4, 0.5) is 19.0 Å². The van der Waals surface area contributed by atoms with E-state index in [-0.39, 0.29) is 22.3 Å². The molecule has 3 heterocycles. The lowest BCUT2D eigenvalue weighted by Crippen LogP contribution is -2.15. The fraction of sp³-hybridized carbons (Fsp3) is 0. The molecule has 0 fully saturated rings. The number of nitrogens with one attached hydrogen (secondary N) is 1. The summed E-state index contributed by atoms with van der Waals surface area (Å²) >= 11 is 7.45. The second-order valence-electron chi connectivity index (χ2n) is 7.73. The van der Waals surface area contributed by atoms with Crippen LogP contribution in [-0.4, -0.2) is 23.4 Å². The van der Waals surface area contributed by atoms with Crippen LogP contribution in [0, 0.1) is 17.5 Å². The van der Waals surface area contributed by atoms with Crippen LogP contribution in [0.25, 0.3) is 22.4 Å². The highest BCUT2D eigenvalue weighted by Crippen LogP contribution is 2.39. The fourth-order valence-corrected chi connectivity index (χ4v) is 5.36. The first-order chi connectivity index (χ1) is 18.2. The minimum absolute atomic E-state index is 0.0409. The largest absolute Gasteiger partial charge is 0.453 e. The number of halogens is 4. The molecule has 1 N–H and O–H groups in total. The van der Waals surface area contributed by atoms with Gasteiger partial charge < -0.3 is 4.74 Å². The van der Waals surface area contributed by atoms with Crippen LogP contribution >= 0.6 is 22.9 Å². The van der Waals surface area contributed by atoms with Gasteiger partial charge in [0.1, 0.15) is 16.5 Å². The topological polar surface area (TPSA) is 94.1 Å². The number of hydrogen-bond acceptors (Lipinski definition) is 7. The molecule has 3 aromatic heterocycles. The van der Waals surface area contributed by atoms with Gasteiger partial charge in [-0.25, -0.2) is 26.6 Å². The van der Waals surface area contributed by atoms with E-state index in [2.05, 4.69) is 19.7 Å². The van der Waals surface area contributed by atoms with Crippen molar-refractivity contribution >= 4 is 38.8 Å². The predicted octanol–water partition coefficient (Wildman–Crippen LogP) is 6.93. The molecule has 5 rings (SSSR count). The number of benzene rings is 2. The highest BCUT2D eigenvalue weighted by molar-refractivity contribution is 7.92.